The van der Waals surface area contributed by atoms with E-state index < -0.39 is 0 Å². The number of likely N-dealkylation sites (N-methyl/N-ethyl adjacent to an activating group) is 1. The highest BCUT2D eigenvalue weighted by Crippen LogP contribution is 2.39. The summed E-state index contributed by atoms with van der Waals surface area (Å²) in [5.41, 5.74) is 2.29. The van der Waals surface area contributed by atoms with Crippen LogP contribution in [0.15, 0.2) is 41.5 Å². The molecule has 0 spiro atoms. The zero-order chi connectivity index (χ0) is 24.8. The molecule has 0 aromatic heterocycles. The molecule has 9 heteroatoms. The Hall–Kier alpha value is -3.75. The van der Waals surface area contributed by atoms with E-state index in [0.717, 1.165) is 11.1 Å². The lowest BCUT2D eigenvalue weighted by molar-refractivity contribution is -0.140. The van der Waals surface area contributed by atoms with Crippen molar-refractivity contribution in [2.75, 3.05) is 42.0 Å². The topological polar surface area (TPSA) is 89.9 Å². The van der Waals surface area contributed by atoms with Gasteiger partial charge in [0.15, 0.2) is 11.5 Å². The van der Waals surface area contributed by atoms with Crippen molar-refractivity contribution >= 4 is 17.5 Å². The lowest BCUT2D eigenvalue weighted by Gasteiger charge is -2.25. The third-order valence-electron chi connectivity index (χ3n) is 5.78. The van der Waals surface area contributed by atoms with E-state index in [1.165, 1.54) is 9.91 Å². The number of ether oxygens (including phenoxy) is 4. The predicted octanol–water partition coefficient (Wildman–Crippen LogP) is 3.27. The summed E-state index contributed by atoms with van der Waals surface area (Å²) in [6.07, 6.45) is 0.774. The zero-order valence-corrected chi connectivity index (χ0v) is 20.5. The van der Waals surface area contributed by atoms with Crippen LogP contribution in [0.25, 0.3) is 0 Å². The van der Waals surface area contributed by atoms with Gasteiger partial charge in [-0.1, -0.05) is 13.0 Å². The van der Waals surface area contributed by atoms with E-state index in [-0.39, 0.29) is 24.4 Å². The highest BCUT2D eigenvalue weighted by Gasteiger charge is 2.35. The molecule has 182 valence electrons. The first-order valence-electron chi connectivity index (χ1n) is 10.9. The first-order valence-corrected chi connectivity index (χ1v) is 10.9. The third-order valence-corrected chi connectivity index (χ3v) is 5.78. The van der Waals surface area contributed by atoms with Crippen LogP contribution in [0.1, 0.15) is 36.9 Å². The number of benzene rings is 2. The number of methoxy groups -OCH3 is 4. The van der Waals surface area contributed by atoms with Crippen molar-refractivity contribution in [2.24, 2.45) is 5.10 Å². The summed E-state index contributed by atoms with van der Waals surface area (Å²) in [4.78, 5) is 26.8. The fourth-order valence-corrected chi connectivity index (χ4v) is 3.89. The molecule has 2 amide bonds. The van der Waals surface area contributed by atoms with Crippen molar-refractivity contribution in [3.05, 3.63) is 47.5 Å². The molecule has 1 heterocycles. The average Bonchev–Trinajstić information content (AvgIpc) is 3.32. The van der Waals surface area contributed by atoms with E-state index in [2.05, 4.69) is 5.10 Å². The Balaban J connectivity index is 2.01. The maximum absolute atomic E-state index is 13.3. The normalized spacial score (nSPS) is 14.9. The quantitative estimate of drug-likeness (QED) is 0.560. The fraction of sp³-hybridized carbons (Fsp3) is 0.400. The number of amides is 2. The third kappa shape index (κ3) is 5.08. The molecule has 0 radical (unpaired) electrons. The Labute approximate surface area is 199 Å². The van der Waals surface area contributed by atoms with E-state index in [1.54, 1.807) is 54.5 Å². The lowest BCUT2D eigenvalue weighted by Crippen LogP contribution is -2.39. The number of hydrazone groups is 1. The maximum atomic E-state index is 13.3. The Morgan fingerprint density at radius 3 is 2.29 bits per heavy atom. The van der Waals surface area contributed by atoms with Gasteiger partial charge in [-0.2, -0.15) is 5.10 Å². The summed E-state index contributed by atoms with van der Waals surface area (Å²) in [5, 5.41) is 6.13. The molecule has 0 aliphatic carbocycles. The van der Waals surface area contributed by atoms with Crippen LogP contribution in [-0.4, -0.2) is 69.5 Å². The van der Waals surface area contributed by atoms with Crippen LogP contribution in [0, 0.1) is 0 Å². The van der Waals surface area contributed by atoms with Gasteiger partial charge in [-0.15, -0.1) is 0 Å². The first-order chi connectivity index (χ1) is 16.4. The first kappa shape index (κ1) is 24.9. The summed E-state index contributed by atoms with van der Waals surface area (Å²) in [6, 6.07) is 10.6. The van der Waals surface area contributed by atoms with Crippen LogP contribution in [0.4, 0.5) is 0 Å². The zero-order valence-electron chi connectivity index (χ0n) is 20.5. The van der Waals surface area contributed by atoms with Gasteiger partial charge < -0.3 is 23.8 Å². The molecule has 0 saturated carbocycles. The molecule has 0 bridgehead atoms. The standard InChI is InChI=1S/C25H31N3O6/c1-7-24(29)27(2)15-25(30)28-20(16-8-11-21(32-4)23(12-16)34-6)14-19(26-28)18-10-9-17(31-3)13-22(18)33-5/h8-13,20H,7,14-15H2,1-6H3/t20-/m1/s1. The molecule has 2 aromatic carbocycles. The molecule has 0 unspecified atom stereocenters. The number of carbonyl (C=O) groups excluding carboxylic acids is 2. The predicted molar refractivity (Wildman–Crippen MR) is 128 cm³/mol. The summed E-state index contributed by atoms with van der Waals surface area (Å²) < 4.78 is 21.7. The minimum Gasteiger partial charge on any atom is -0.497 e. The van der Waals surface area contributed by atoms with Gasteiger partial charge in [-0.3, -0.25) is 9.59 Å². The van der Waals surface area contributed by atoms with Crippen molar-refractivity contribution in [1.29, 1.82) is 0 Å². The van der Waals surface area contributed by atoms with Crippen LogP contribution >= 0.6 is 0 Å². The van der Waals surface area contributed by atoms with Gasteiger partial charge in [0.2, 0.25) is 5.91 Å². The molecule has 9 nitrogen and oxygen atoms in total. The van der Waals surface area contributed by atoms with E-state index in [1.807, 2.05) is 24.3 Å². The molecule has 1 atom stereocenters. The fourth-order valence-electron chi connectivity index (χ4n) is 3.89. The summed E-state index contributed by atoms with van der Waals surface area (Å²) in [5.74, 6) is 2.00. The monoisotopic (exact) mass is 469 g/mol. The van der Waals surface area contributed by atoms with Gasteiger partial charge in [0.05, 0.1) is 40.2 Å². The molecular weight excluding hydrogens is 438 g/mol. The molecule has 1 aliphatic heterocycles. The molecule has 0 saturated heterocycles. The van der Waals surface area contributed by atoms with Gasteiger partial charge in [-0.25, -0.2) is 5.01 Å². The maximum Gasteiger partial charge on any atom is 0.262 e. The second kappa shape index (κ2) is 10.9. The summed E-state index contributed by atoms with van der Waals surface area (Å²) >= 11 is 0. The number of hydrogen-bond donors (Lipinski definition) is 0. The number of rotatable bonds is 9. The SMILES string of the molecule is CCC(=O)N(C)CC(=O)N1N=C(c2ccc(OC)cc2OC)C[C@@H]1c1ccc(OC)c(OC)c1. The largest absolute Gasteiger partial charge is 0.497 e. The van der Waals surface area contributed by atoms with E-state index in [9.17, 15) is 9.59 Å². The number of nitrogens with zero attached hydrogens (tertiary/aromatic N) is 3. The Morgan fingerprint density at radius 2 is 1.68 bits per heavy atom. The van der Waals surface area contributed by atoms with Crippen molar-refractivity contribution < 1.29 is 28.5 Å². The molecular formula is C25H31N3O6. The van der Waals surface area contributed by atoms with Crippen molar-refractivity contribution in [3.63, 3.8) is 0 Å². The van der Waals surface area contributed by atoms with Crippen molar-refractivity contribution in [1.82, 2.24) is 9.91 Å². The highest BCUT2D eigenvalue weighted by atomic mass is 16.5. The van der Waals surface area contributed by atoms with Crippen LogP contribution in [0.2, 0.25) is 0 Å². The van der Waals surface area contributed by atoms with Gasteiger partial charge in [0.1, 0.15) is 18.0 Å². The van der Waals surface area contributed by atoms with Crippen molar-refractivity contribution in [2.45, 2.75) is 25.8 Å². The minimum atomic E-state index is -0.390. The molecule has 0 fully saturated rings. The van der Waals surface area contributed by atoms with E-state index in [4.69, 9.17) is 18.9 Å². The molecule has 3 rings (SSSR count). The van der Waals surface area contributed by atoms with Gasteiger partial charge in [0, 0.05) is 31.5 Å². The number of hydrogen-bond acceptors (Lipinski definition) is 7. The van der Waals surface area contributed by atoms with Crippen LogP contribution in [0.5, 0.6) is 23.0 Å². The lowest BCUT2D eigenvalue weighted by atomic mass is 9.97. The molecule has 1 aliphatic rings. The van der Waals surface area contributed by atoms with Gasteiger partial charge in [-0.05, 0) is 29.8 Å². The molecule has 2 aromatic rings. The number of carbonyl (C=O) groups is 2. The Morgan fingerprint density at radius 1 is 0.971 bits per heavy atom. The smallest absolute Gasteiger partial charge is 0.262 e. The Bertz CT molecular complexity index is 1080. The second-order valence-corrected chi connectivity index (χ2v) is 7.79. The Kier molecular flexibility index (Phi) is 7.99. The van der Waals surface area contributed by atoms with Crippen LogP contribution in [-0.2, 0) is 9.59 Å². The minimum absolute atomic E-state index is 0.0764. The average molecular weight is 470 g/mol. The van der Waals surface area contributed by atoms with Gasteiger partial charge in [0.25, 0.3) is 5.91 Å². The summed E-state index contributed by atoms with van der Waals surface area (Å²) in [7, 11) is 7.91. The summed E-state index contributed by atoms with van der Waals surface area (Å²) in [6.45, 7) is 1.69. The highest BCUT2D eigenvalue weighted by molar-refractivity contribution is 6.05. The van der Waals surface area contributed by atoms with Crippen molar-refractivity contribution in [3.8, 4) is 23.0 Å². The second-order valence-electron chi connectivity index (χ2n) is 7.79. The van der Waals surface area contributed by atoms with E-state index in [0.29, 0.717) is 41.6 Å². The van der Waals surface area contributed by atoms with Crippen LogP contribution in [0.3, 0.4) is 0 Å². The van der Waals surface area contributed by atoms with Gasteiger partial charge >= 0.3 is 0 Å². The molecule has 0 N–H and O–H groups in total. The van der Waals surface area contributed by atoms with Crippen LogP contribution < -0.4 is 18.9 Å². The molecule has 34 heavy (non-hydrogen) atoms. The van der Waals surface area contributed by atoms with E-state index >= 15 is 0 Å².